The van der Waals surface area contributed by atoms with Crippen LogP contribution in [0.5, 0.6) is 0 Å². The smallest absolute Gasteiger partial charge is 0.243 e. The van der Waals surface area contributed by atoms with E-state index in [9.17, 15) is 8.42 Å². The Morgan fingerprint density at radius 1 is 1.35 bits per heavy atom. The highest BCUT2D eigenvalue weighted by Gasteiger charge is 2.37. The van der Waals surface area contributed by atoms with Crippen LogP contribution in [-0.4, -0.2) is 37.0 Å². The molecule has 20 heavy (non-hydrogen) atoms. The average Bonchev–Trinajstić information content (AvgIpc) is 3.28. The van der Waals surface area contributed by atoms with Crippen LogP contribution in [0.3, 0.4) is 0 Å². The zero-order chi connectivity index (χ0) is 14.6. The Bertz CT molecular complexity index is 603. The van der Waals surface area contributed by atoms with Gasteiger partial charge in [0.15, 0.2) is 0 Å². The number of aliphatic hydroxyl groups excluding tert-OH is 1. The lowest BCUT2D eigenvalue weighted by molar-refractivity contribution is 0.275. The van der Waals surface area contributed by atoms with E-state index in [0.29, 0.717) is 24.9 Å². The normalized spacial score (nSPS) is 15.2. The van der Waals surface area contributed by atoms with E-state index in [0.717, 1.165) is 12.8 Å². The van der Waals surface area contributed by atoms with Gasteiger partial charge in [-0.05, 0) is 43.9 Å². The van der Waals surface area contributed by atoms with Gasteiger partial charge in [0.1, 0.15) is 0 Å². The molecule has 0 amide bonds. The van der Waals surface area contributed by atoms with E-state index in [-0.39, 0.29) is 17.5 Å². The molecule has 6 heteroatoms. The Labute approximate surface area is 119 Å². The van der Waals surface area contributed by atoms with Gasteiger partial charge in [-0.1, -0.05) is 6.07 Å². The minimum Gasteiger partial charge on any atom is -0.396 e. The van der Waals surface area contributed by atoms with E-state index in [1.54, 1.807) is 12.1 Å². The van der Waals surface area contributed by atoms with Crippen LogP contribution in [0.15, 0.2) is 29.2 Å². The number of hydrogen-bond acceptors (Lipinski definition) is 4. The first-order valence-electron chi connectivity index (χ1n) is 6.72. The molecule has 0 radical (unpaired) electrons. The Morgan fingerprint density at radius 3 is 2.70 bits per heavy atom. The lowest BCUT2D eigenvalue weighted by Gasteiger charge is -2.21. The Balaban J connectivity index is 2.23. The molecule has 1 aromatic rings. The lowest BCUT2D eigenvalue weighted by Crippen LogP contribution is -2.34. The van der Waals surface area contributed by atoms with Crippen LogP contribution in [0.4, 0.5) is 0 Å². The van der Waals surface area contributed by atoms with E-state index in [1.807, 2.05) is 6.07 Å². The minimum absolute atomic E-state index is 0.0719. The number of nitriles is 1. The molecule has 1 aliphatic rings. The molecule has 0 saturated heterocycles. The molecule has 0 heterocycles. The summed E-state index contributed by atoms with van der Waals surface area (Å²) in [7, 11) is -3.55. The molecule has 0 atom stereocenters. The fourth-order valence-electron chi connectivity index (χ4n) is 2.10. The van der Waals surface area contributed by atoms with Gasteiger partial charge in [0.25, 0.3) is 0 Å². The van der Waals surface area contributed by atoms with E-state index in [1.165, 1.54) is 16.4 Å². The highest BCUT2D eigenvalue weighted by molar-refractivity contribution is 7.89. The highest BCUT2D eigenvalue weighted by Crippen LogP contribution is 2.32. The van der Waals surface area contributed by atoms with Gasteiger partial charge in [-0.3, -0.25) is 0 Å². The number of hydrogen-bond donors (Lipinski definition) is 1. The van der Waals surface area contributed by atoms with Crippen molar-refractivity contribution in [3.63, 3.8) is 0 Å². The van der Waals surface area contributed by atoms with Crippen LogP contribution in [0.2, 0.25) is 0 Å². The summed E-state index contributed by atoms with van der Waals surface area (Å²) in [5, 5.41) is 17.7. The van der Waals surface area contributed by atoms with Gasteiger partial charge in [-0.15, -0.1) is 0 Å². The van der Waals surface area contributed by atoms with Crippen molar-refractivity contribution >= 4 is 10.0 Å². The number of sulfonamides is 1. The van der Waals surface area contributed by atoms with Gasteiger partial charge in [0.05, 0.1) is 16.5 Å². The Kier molecular flexibility index (Phi) is 4.76. The predicted octanol–water partition coefficient (Wildman–Crippen LogP) is 1.48. The Morgan fingerprint density at radius 2 is 2.10 bits per heavy atom. The van der Waals surface area contributed by atoms with Crippen molar-refractivity contribution in [1.82, 2.24) is 4.31 Å². The number of rotatable bonds is 7. The van der Waals surface area contributed by atoms with Gasteiger partial charge in [0, 0.05) is 19.2 Å². The van der Waals surface area contributed by atoms with Gasteiger partial charge >= 0.3 is 0 Å². The SMILES string of the molecule is N#Cc1cccc(S(=O)(=O)N(CCCCO)C2CC2)c1. The van der Waals surface area contributed by atoms with Gasteiger partial charge < -0.3 is 5.11 Å². The molecule has 1 aromatic carbocycles. The third-order valence-corrected chi connectivity index (χ3v) is 5.26. The first-order chi connectivity index (χ1) is 9.59. The van der Waals surface area contributed by atoms with E-state index in [4.69, 9.17) is 10.4 Å². The van der Waals surface area contributed by atoms with Crippen LogP contribution < -0.4 is 0 Å². The van der Waals surface area contributed by atoms with E-state index in [2.05, 4.69) is 0 Å². The zero-order valence-corrected chi connectivity index (χ0v) is 12.0. The molecule has 1 fully saturated rings. The molecule has 1 saturated carbocycles. The van der Waals surface area contributed by atoms with Crippen molar-refractivity contribution in [1.29, 1.82) is 5.26 Å². The first-order valence-corrected chi connectivity index (χ1v) is 8.16. The molecule has 1 N–H and O–H groups in total. The molecule has 0 aliphatic heterocycles. The molecule has 1 aliphatic carbocycles. The van der Waals surface area contributed by atoms with E-state index >= 15 is 0 Å². The van der Waals surface area contributed by atoms with Gasteiger partial charge in [0.2, 0.25) is 10.0 Å². The molecule has 0 spiro atoms. The van der Waals surface area contributed by atoms with Crippen molar-refractivity contribution in [2.24, 2.45) is 0 Å². The summed E-state index contributed by atoms with van der Waals surface area (Å²) in [6.45, 7) is 0.493. The van der Waals surface area contributed by atoms with Crippen LogP contribution in [0, 0.1) is 11.3 Å². The lowest BCUT2D eigenvalue weighted by atomic mass is 10.2. The van der Waals surface area contributed by atoms with Crippen molar-refractivity contribution in [2.45, 2.75) is 36.6 Å². The maximum absolute atomic E-state index is 12.6. The van der Waals surface area contributed by atoms with Crippen LogP contribution >= 0.6 is 0 Å². The summed E-state index contributed by atoms with van der Waals surface area (Å²) >= 11 is 0. The van der Waals surface area contributed by atoms with Crippen LogP contribution in [0.25, 0.3) is 0 Å². The standard InChI is InChI=1S/C14H18N2O3S/c15-11-12-4-3-5-14(10-12)20(18,19)16(13-6-7-13)8-1-2-9-17/h3-5,10,13,17H,1-2,6-9H2. The highest BCUT2D eigenvalue weighted by atomic mass is 32.2. The molecular weight excluding hydrogens is 276 g/mol. The summed E-state index contributed by atoms with van der Waals surface area (Å²) in [6.07, 6.45) is 3.01. The summed E-state index contributed by atoms with van der Waals surface area (Å²) in [5.41, 5.74) is 0.345. The fraction of sp³-hybridized carbons (Fsp3) is 0.500. The molecule has 0 unspecified atom stereocenters. The summed E-state index contributed by atoms with van der Waals surface area (Å²) in [6, 6.07) is 8.15. The number of benzene rings is 1. The summed E-state index contributed by atoms with van der Waals surface area (Å²) in [4.78, 5) is 0.174. The maximum Gasteiger partial charge on any atom is 0.243 e. The zero-order valence-electron chi connectivity index (χ0n) is 11.2. The summed E-state index contributed by atoms with van der Waals surface area (Å²) < 4.78 is 26.8. The molecular formula is C14H18N2O3S. The van der Waals surface area contributed by atoms with E-state index < -0.39 is 10.0 Å². The van der Waals surface area contributed by atoms with Crippen molar-refractivity contribution in [3.8, 4) is 6.07 Å². The molecule has 5 nitrogen and oxygen atoms in total. The van der Waals surface area contributed by atoms with Crippen molar-refractivity contribution in [3.05, 3.63) is 29.8 Å². The predicted molar refractivity (Wildman–Crippen MR) is 74.4 cm³/mol. The first kappa shape index (κ1) is 15.0. The number of unbranched alkanes of at least 4 members (excludes halogenated alkanes) is 1. The third-order valence-electron chi connectivity index (χ3n) is 3.31. The molecule has 2 rings (SSSR count). The number of aliphatic hydroxyl groups is 1. The second kappa shape index (κ2) is 6.35. The third kappa shape index (κ3) is 3.37. The van der Waals surface area contributed by atoms with Gasteiger partial charge in [-0.25, -0.2) is 8.42 Å². The largest absolute Gasteiger partial charge is 0.396 e. The second-order valence-electron chi connectivity index (χ2n) is 4.92. The molecule has 0 bridgehead atoms. The monoisotopic (exact) mass is 294 g/mol. The molecule has 0 aromatic heterocycles. The second-order valence-corrected chi connectivity index (χ2v) is 6.81. The topological polar surface area (TPSA) is 81.4 Å². The summed E-state index contributed by atoms with van der Waals surface area (Å²) in [5.74, 6) is 0. The van der Waals surface area contributed by atoms with Gasteiger partial charge in [-0.2, -0.15) is 9.57 Å². The van der Waals surface area contributed by atoms with Crippen LogP contribution in [0.1, 0.15) is 31.2 Å². The molecule has 108 valence electrons. The van der Waals surface area contributed by atoms with Crippen molar-refractivity contribution < 1.29 is 13.5 Å². The van der Waals surface area contributed by atoms with Crippen LogP contribution in [-0.2, 0) is 10.0 Å². The number of nitrogens with zero attached hydrogens (tertiary/aromatic N) is 2. The average molecular weight is 294 g/mol. The quantitative estimate of drug-likeness (QED) is 0.772. The fourth-order valence-corrected chi connectivity index (χ4v) is 3.87. The van der Waals surface area contributed by atoms with Crippen molar-refractivity contribution in [2.75, 3.05) is 13.2 Å². The minimum atomic E-state index is -3.55. The Hall–Kier alpha value is -1.42. The maximum atomic E-state index is 12.6.